The summed E-state index contributed by atoms with van der Waals surface area (Å²) in [6, 6.07) is 10.9. The number of fused-ring (bicyclic) bond motifs is 1. The van der Waals surface area contributed by atoms with Gasteiger partial charge >= 0.3 is 0 Å². The second kappa shape index (κ2) is 4.52. The average molecular weight is 239 g/mol. The van der Waals surface area contributed by atoms with Crippen LogP contribution in [0, 0.1) is 6.92 Å². The maximum absolute atomic E-state index is 5.74. The Labute approximate surface area is 107 Å². The summed E-state index contributed by atoms with van der Waals surface area (Å²) in [7, 11) is 0. The van der Waals surface area contributed by atoms with Gasteiger partial charge in [0.2, 0.25) is 0 Å². The van der Waals surface area contributed by atoms with Gasteiger partial charge in [0, 0.05) is 18.3 Å². The van der Waals surface area contributed by atoms with Crippen molar-refractivity contribution in [3.05, 3.63) is 65.0 Å². The van der Waals surface area contributed by atoms with Gasteiger partial charge in [-0.05, 0) is 35.6 Å². The van der Waals surface area contributed by atoms with Crippen LogP contribution < -0.4 is 11.3 Å². The normalized spacial score (nSPS) is 18.9. The van der Waals surface area contributed by atoms with Gasteiger partial charge in [0.1, 0.15) is 0 Å². The molecule has 3 nitrogen and oxygen atoms in total. The highest BCUT2D eigenvalue weighted by atomic mass is 15.2. The van der Waals surface area contributed by atoms with Crippen molar-refractivity contribution >= 4 is 0 Å². The number of hydrazine groups is 1. The summed E-state index contributed by atoms with van der Waals surface area (Å²) in [6.07, 6.45) is 4.85. The first-order valence-corrected chi connectivity index (χ1v) is 6.25. The molecule has 92 valence electrons. The fraction of sp³-hybridized carbons (Fsp3) is 0.267. The van der Waals surface area contributed by atoms with E-state index in [0.29, 0.717) is 5.92 Å². The topological polar surface area (TPSA) is 50.9 Å². The highest BCUT2D eigenvalue weighted by Crippen LogP contribution is 2.42. The molecule has 2 atom stereocenters. The van der Waals surface area contributed by atoms with Crippen LogP contribution in [0.4, 0.5) is 0 Å². The van der Waals surface area contributed by atoms with Crippen molar-refractivity contribution in [3.8, 4) is 0 Å². The minimum atomic E-state index is 0.146. The van der Waals surface area contributed by atoms with Crippen molar-refractivity contribution in [1.29, 1.82) is 0 Å². The summed E-state index contributed by atoms with van der Waals surface area (Å²) in [5.74, 6) is 6.20. The van der Waals surface area contributed by atoms with E-state index in [1.807, 2.05) is 12.4 Å². The van der Waals surface area contributed by atoms with E-state index in [1.165, 1.54) is 16.7 Å². The zero-order chi connectivity index (χ0) is 12.5. The van der Waals surface area contributed by atoms with Gasteiger partial charge < -0.3 is 0 Å². The van der Waals surface area contributed by atoms with Crippen molar-refractivity contribution in [2.45, 2.75) is 25.3 Å². The summed E-state index contributed by atoms with van der Waals surface area (Å²) < 4.78 is 0. The Bertz CT molecular complexity index is 565. The lowest BCUT2D eigenvalue weighted by atomic mass is 9.72. The Morgan fingerprint density at radius 2 is 2.17 bits per heavy atom. The molecular formula is C15H17N3. The minimum absolute atomic E-state index is 0.146. The van der Waals surface area contributed by atoms with E-state index in [-0.39, 0.29) is 6.04 Å². The number of aryl methyl sites for hydroxylation is 1. The Hall–Kier alpha value is -1.71. The molecule has 1 aromatic carbocycles. The predicted molar refractivity (Wildman–Crippen MR) is 71.9 cm³/mol. The maximum atomic E-state index is 5.74. The molecule has 0 amide bonds. The van der Waals surface area contributed by atoms with E-state index in [4.69, 9.17) is 5.84 Å². The van der Waals surface area contributed by atoms with Crippen LogP contribution in [-0.4, -0.2) is 4.98 Å². The Kier molecular flexibility index (Phi) is 2.86. The predicted octanol–water partition coefficient (Wildman–Crippen LogP) is 2.23. The van der Waals surface area contributed by atoms with Gasteiger partial charge in [-0.15, -0.1) is 0 Å². The van der Waals surface area contributed by atoms with E-state index in [9.17, 15) is 0 Å². The average Bonchev–Trinajstić information content (AvgIpc) is 2.36. The standard InChI is InChI=1S/C15H17N3/c1-10-6-12(9-17-8-10)15(18-16)14-7-11-4-2-3-5-13(11)14/h2-6,8-9,14-15,18H,7,16H2,1H3. The zero-order valence-electron chi connectivity index (χ0n) is 10.4. The fourth-order valence-corrected chi connectivity index (χ4v) is 2.79. The summed E-state index contributed by atoms with van der Waals surface area (Å²) in [6.45, 7) is 2.05. The molecule has 0 aliphatic heterocycles. The summed E-state index contributed by atoms with van der Waals surface area (Å²) in [5.41, 5.74) is 8.12. The van der Waals surface area contributed by atoms with Crippen molar-refractivity contribution in [3.63, 3.8) is 0 Å². The molecule has 1 aromatic heterocycles. The molecule has 2 unspecified atom stereocenters. The molecule has 0 radical (unpaired) electrons. The van der Waals surface area contributed by atoms with Crippen LogP contribution in [0.15, 0.2) is 42.7 Å². The van der Waals surface area contributed by atoms with Gasteiger partial charge in [-0.2, -0.15) is 0 Å². The fourth-order valence-electron chi connectivity index (χ4n) is 2.79. The van der Waals surface area contributed by atoms with Crippen molar-refractivity contribution in [2.75, 3.05) is 0 Å². The number of aromatic nitrogens is 1. The molecule has 0 bridgehead atoms. The number of rotatable bonds is 3. The molecular weight excluding hydrogens is 222 g/mol. The van der Waals surface area contributed by atoms with Crippen LogP contribution >= 0.6 is 0 Å². The van der Waals surface area contributed by atoms with Crippen LogP contribution in [0.25, 0.3) is 0 Å². The third-order valence-corrected chi connectivity index (χ3v) is 3.73. The highest BCUT2D eigenvalue weighted by Gasteiger charge is 2.33. The molecule has 3 N–H and O–H groups in total. The molecule has 1 aliphatic rings. The van der Waals surface area contributed by atoms with Crippen molar-refractivity contribution in [1.82, 2.24) is 10.4 Å². The lowest BCUT2D eigenvalue weighted by Crippen LogP contribution is -2.37. The van der Waals surface area contributed by atoms with Gasteiger partial charge in [0.05, 0.1) is 6.04 Å². The third kappa shape index (κ3) is 1.82. The molecule has 3 rings (SSSR count). The SMILES string of the molecule is Cc1cncc(C(NN)C2Cc3ccccc32)c1. The van der Waals surface area contributed by atoms with Crippen LogP contribution in [0.3, 0.4) is 0 Å². The zero-order valence-corrected chi connectivity index (χ0v) is 10.4. The number of benzene rings is 1. The number of nitrogens with two attached hydrogens (primary N) is 1. The van der Waals surface area contributed by atoms with Crippen LogP contribution in [0.1, 0.15) is 34.2 Å². The van der Waals surface area contributed by atoms with Gasteiger partial charge in [-0.3, -0.25) is 16.3 Å². The summed E-state index contributed by atoms with van der Waals surface area (Å²) in [4.78, 5) is 4.25. The molecule has 1 heterocycles. The van der Waals surface area contributed by atoms with E-state index < -0.39 is 0 Å². The van der Waals surface area contributed by atoms with Crippen molar-refractivity contribution < 1.29 is 0 Å². The molecule has 18 heavy (non-hydrogen) atoms. The third-order valence-electron chi connectivity index (χ3n) is 3.73. The second-order valence-electron chi connectivity index (χ2n) is 4.95. The van der Waals surface area contributed by atoms with E-state index in [1.54, 1.807) is 0 Å². The van der Waals surface area contributed by atoms with E-state index in [2.05, 4.69) is 47.7 Å². The van der Waals surface area contributed by atoms with E-state index >= 15 is 0 Å². The quantitative estimate of drug-likeness (QED) is 0.638. The van der Waals surface area contributed by atoms with Crippen LogP contribution in [0.5, 0.6) is 0 Å². The molecule has 0 saturated heterocycles. The molecule has 0 spiro atoms. The van der Waals surface area contributed by atoms with E-state index in [0.717, 1.165) is 12.0 Å². The van der Waals surface area contributed by atoms with Gasteiger partial charge in [-0.1, -0.05) is 30.3 Å². The van der Waals surface area contributed by atoms with Crippen molar-refractivity contribution in [2.24, 2.45) is 5.84 Å². The molecule has 1 aliphatic carbocycles. The maximum Gasteiger partial charge on any atom is 0.0547 e. The van der Waals surface area contributed by atoms with Gasteiger partial charge in [0.25, 0.3) is 0 Å². The largest absolute Gasteiger partial charge is 0.271 e. The first kappa shape index (κ1) is 11.4. The number of pyridine rings is 1. The number of nitrogens with zero attached hydrogens (tertiary/aromatic N) is 1. The van der Waals surface area contributed by atoms with Crippen LogP contribution in [-0.2, 0) is 6.42 Å². The first-order chi connectivity index (χ1) is 8.79. The molecule has 0 saturated carbocycles. The van der Waals surface area contributed by atoms with Gasteiger partial charge in [-0.25, -0.2) is 0 Å². The summed E-state index contributed by atoms with van der Waals surface area (Å²) in [5, 5.41) is 0. The number of nitrogens with one attached hydrogen (secondary N) is 1. The smallest absolute Gasteiger partial charge is 0.0547 e. The highest BCUT2D eigenvalue weighted by molar-refractivity contribution is 5.43. The minimum Gasteiger partial charge on any atom is -0.271 e. The Morgan fingerprint density at radius 3 is 2.89 bits per heavy atom. The lowest BCUT2D eigenvalue weighted by Gasteiger charge is -2.36. The monoisotopic (exact) mass is 239 g/mol. The second-order valence-corrected chi connectivity index (χ2v) is 4.95. The van der Waals surface area contributed by atoms with Gasteiger partial charge in [0.15, 0.2) is 0 Å². The Morgan fingerprint density at radius 1 is 1.33 bits per heavy atom. The number of hydrogen-bond donors (Lipinski definition) is 2. The molecule has 2 aromatic rings. The Balaban J connectivity index is 1.92. The summed E-state index contributed by atoms with van der Waals surface area (Å²) >= 11 is 0. The molecule has 3 heteroatoms. The molecule has 0 fully saturated rings. The van der Waals surface area contributed by atoms with Crippen LogP contribution in [0.2, 0.25) is 0 Å². The first-order valence-electron chi connectivity index (χ1n) is 6.25. The lowest BCUT2D eigenvalue weighted by molar-refractivity contribution is 0.418. The number of hydrogen-bond acceptors (Lipinski definition) is 3.